The molecule has 1 saturated heterocycles. The number of halogens is 2. The van der Waals surface area contributed by atoms with E-state index in [0.29, 0.717) is 18.7 Å². The van der Waals surface area contributed by atoms with Gasteiger partial charge in [-0.15, -0.1) is 0 Å². The molecule has 0 unspecified atom stereocenters. The van der Waals surface area contributed by atoms with E-state index in [0.717, 1.165) is 18.5 Å². The number of piperidine rings is 1. The Morgan fingerprint density at radius 1 is 1.16 bits per heavy atom. The van der Waals surface area contributed by atoms with Crippen LogP contribution in [0.5, 0.6) is 11.5 Å². The molecule has 2 aromatic carbocycles. The summed E-state index contributed by atoms with van der Waals surface area (Å²) in [5.74, 6) is -0.539. The molecule has 1 fully saturated rings. The Morgan fingerprint density at radius 3 is 2.65 bits per heavy atom. The number of alkyl halides is 2. The highest BCUT2D eigenvalue weighted by Gasteiger charge is 2.27. The van der Waals surface area contributed by atoms with E-state index >= 15 is 0 Å². The van der Waals surface area contributed by atoms with E-state index < -0.39 is 6.61 Å². The molecule has 0 radical (unpaired) electrons. The molecule has 8 heteroatoms. The van der Waals surface area contributed by atoms with Crippen molar-refractivity contribution in [3.8, 4) is 11.5 Å². The highest BCUT2D eigenvalue weighted by molar-refractivity contribution is 5.95. The van der Waals surface area contributed by atoms with Crippen LogP contribution < -0.4 is 14.8 Å². The molecule has 0 spiro atoms. The van der Waals surface area contributed by atoms with E-state index in [1.165, 1.54) is 25.3 Å². The van der Waals surface area contributed by atoms with Gasteiger partial charge in [0.15, 0.2) is 11.5 Å². The van der Waals surface area contributed by atoms with Crippen molar-refractivity contribution < 1.29 is 27.8 Å². The molecule has 3 rings (SSSR count). The van der Waals surface area contributed by atoms with Gasteiger partial charge in [-0.1, -0.05) is 24.3 Å². The van der Waals surface area contributed by atoms with E-state index in [1.807, 2.05) is 30.3 Å². The van der Waals surface area contributed by atoms with Gasteiger partial charge in [-0.25, -0.2) is 0 Å². The summed E-state index contributed by atoms with van der Waals surface area (Å²) in [6.45, 7) is -2.04. The molecule has 0 bridgehead atoms. The predicted molar refractivity (Wildman–Crippen MR) is 113 cm³/mol. The van der Waals surface area contributed by atoms with Gasteiger partial charge in [-0.3, -0.25) is 9.59 Å². The Morgan fingerprint density at radius 2 is 1.94 bits per heavy atom. The van der Waals surface area contributed by atoms with Crippen molar-refractivity contribution in [1.29, 1.82) is 0 Å². The zero-order chi connectivity index (χ0) is 22.2. The third-order valence-corrected chi connectivity index (χ3v) is 4.97. The summed E-state index contributed by atoms with van der Waals surface area (Å²) in [5, 5.41) is 2.89. The summed E-state index contributed by atoms with van der Waals surface area (Å²) in [4.78, 5) is 26.8. The lowest BCUT2D eigenvalue weighted by Gasteiger charge is -2.31. The summed E-state index contributed by atoms with van der Waals surface area (Å²) in [5.41, 5.74) is 1.33. The van der Waals surface area contributed by atoms with Gasteiger partial charge in [-0.05, 0) is 48.7 Å². The number of amides is 2. The molecule has 1 atom stereocenters. The predicted octanol–water partition coefficient (Wildman–Crippen LogP) is 4.19. The number of ether oxygens (including phenoxy) is 2. The average Bonchev–Trinajstić information content (AvgIpc) is 2.78. The van der Waals surface area contributed by atoms with Gasteiger partial charge in [0, 0.05) is 24.9 Å². The molecule has 2 aromatic rings. The van der Waals surface area contributed by atoms with Gasteiger partial charge in [0.2, 0.25) is 11.8 Å². The fraction of sp³-hybridized carbons (Fsp3) is 0.304. The van der Waals surface area contributed by atoms with Crippen molar-refractivity contribution in [3.63, 3.8) is 0 Å². The van der Waals surface area contributed by atoms with E-state index in [9.17, 15) is 18.4 Å². The van der Waals surface area contributed by atoms with Crippen LogP contribution in [0.2, 0.25) is 0 Å². The largest absolute Gasteiger partial charge is 0.493 e. The molecule has 1 heterocycles. The molecule has 1 aliphatic rings. The van der Waals surface area contributed by atoms with Gasteiger partial charge in [0.05, 0.1) is 13.0 Å². The second kappa shape index (κ2) is 10.6. The summed E-state index contributed by atoms with van der Waals surface area (Å²) in [7, 11) is 1.35. The monoisotopic (exact) mass is 430 g/mol. The normalized spacial score (nSPS) is 16.4. The van der Waals surface area contributed by atoms with Crippen molar-refractivity contribution in [1.82, 2.24) is 4.90 Å². The van der Waals surface area contributed by atoms with E-state index in [4.69, 9.17) is 4.74 Å². The standard InChI is InChI=1S/C23H24F2N2O4/c1-30-20-14-16(9-11-19(20)31-23(24)25)10-12-21(28)27-13-5-6-17(15-27)22(29)26-18-7-3-2-4-8-18/h2-4,7-12,14,17,23H,5-6,13,15H2,1H3,(H,26,29)/b12-10+/t17-/m1/s1. The third-order valence-electron chi connectivity index (χ3n) is 4.97. The Balaban J connectivity index is 1.60. The number of anilines is 1. The van der Waals surface area contributed by atoms with Crippen LogP contribution in [-0.4, -0.2) is 43.5 Å². The first kappa shape index (κ1) is 22.3. The van der Waals surface area contributed by atoms with Gasteiger partial charge >= 0.3 is 6.61 Å². The molecular weight excluding hydrogens is 406 g/mol. The summed E-state index contributed by atoms with van der Waals surface area (Å²) in [6, 6.07) is 13.6. The summed E-state index contributed by atoms with van der Waals surface area (Å²) >= 11 is 0. The van der Waals surface area contributed by atoms with Crippen LogP contribution in [0.3, 0.4) is 0 Å². The lowest BCUT2D eigenvalue weighted by molar-refractivity contribution is -0.130. The van der Waals surface area contributed by atoms with Crippen LogP contribution in [0.15, 0.2) is 54.6 Å². The number of hydrogen-bond donors (Lipinski definition) is 1. The first-order valence-electron chi connectivity index (χ1n) is 9.92. The van der Waals surface area contributed by atoms with Crippen molar-refractivity contribution in [2.45, 2.75) is 19.5 Å². The van der Waals surface area contributed by atoms with Gasteiger partial charge in [0.1, 0.15) is 0 Å². The first-order chi connectivity index (χ1) is 15.0. The van der Waals surface area contributed by atoms with Gasteiger partial charge in [0.25, 0.3) is 0 Å². The van der Waals surface area contributed by atoms with Crippen LogP contribution in [0.1, 0.15) is 18.4 Å². The zero-order valence-corrected chi connectivity index (χ0v) is 17.1. The minimum Gasteiger partial charge on any atom is -0.493 e. The van der Waals surface area contributed by atoms with Crippen LogP contribution in [0, 0.1) is 5.92 Å². The number of benzene rings is 2. The molecule has 0 saturated carbocycles. The number of para-hydroxylation sites is 1. The van der Waals surface area contributed by atoms with Crippen molar-refractivity contribution in [3.05, 3.63) is 60.2 Å². The molecule has 164 valence electrons. The summed E-state index contributed by atoms with van der Waals surface area (Å²) < 4.78 is 34.3. The zero-order valence-electron chi connectivity index (χ0n) is 17.1. The lowest BCUT2D eigenvalue weighted by Crippen LogP contribution is -2.43. The van der Waals surface area contributed by atoms with Crippen molar-refractivity contribution >= 4 is 23.6 Å². The topological polar surface area (TPSA) is 67.9 Å². The molecule has 0 aromatic heterocycles. The maximum atomic E-state index is 12.6. The molecule has 6 nitrogen and oxygen atoms in total. The van der Waals surface area contributed by atoms with E-state index in [-0.39, 0.29) is 29.2 Å². The van der Waals surface area contributed by atoms with Crippen LogP contribution in [-0.2, 0) is 9.59 Å². The number of carbonyl (C=O) groups excluding carboxylic acids is 2. The highest BCUT2D eigenvalue weighted by Crippen LogP contribution is 2.30. The Bertz CT molecular complexity index is 934. The number of likely N-dealkylation sites (tertiary alicyclic amines) is 1. The van der Waals surface area contributed by atoms with Crippen LogP contribution in [0.25, 0.3) is 6.08 Å². The second-order valence-corrected chi connectivity index (χ2v) is 7.10. The SMILES string of the molecule is COc1cc(/C=C/C(=O)N2CCC[C@@H](C(=O)Nc3ccccc3)C2)ccc1OC(F)F. The molecule has 0 aliphatic carbocycles. The maximum absolute atomic E-state index is 12.6. The highest BCUT2D eigenvalue weighted by atomic mass is 19.3. The minimum atomic E-state index is -2.96. The van der Waals surface area contributed by atoms with E-state index in [1.54, 1.807) is 17.0 Å². The van der Waals surface area contributed by atoms with Crippen LogP contribution in [0.4, 0.5) is 14.5 Å². The molecular formula is C23H24F2N2O4. The van der Waals surface area contributed by atoms with Crippen molar-refractivity contribution in [2.24, 2.45) is 5.92 Å². The number of nitrogens with one attached hydrogen (secondary N) is 1. The fourth-order valence-electron chi connectivity index (χ4n) is 3.41. The average molecular weight is 430 g/mol. The van der Waals surface area contributed by atoms with Crippen molar-refractivity contribution in [2.75, 3.05) is 25.5 Å². The molecule has 1 aliphatic heterocycles. The second-order valence-electron chi connectivity index (χ2n) is 7.10. The maximum Gasteiger partial charge on any atom is 0.387 e. The molecule has 2 amide bonds. The Labute approximate surface area is 179 Å². The Kier molecular flexibility index (Phi) is 7.59. The van der Waals surface area contributed by atoms with Gasteiger partial charge in [-0.2, -0.15) is 8.78 Å². The quantitative estimate of drug-likeness (QED) is 0.669. The number of nitrogens with zero attached hydrogens (tertiary/aromatic N) is 1. The number of rotatable bonds is 7. The minimum absolute atomic E-state index is 0.0794. The van der Waals surface area contributed by atoms with Gasteiger partial charge < -0.3 is 19.7 Å². The fourth-order valence-corrected chi connectivity index (χ4v) is 3.41. The third kappa shape index (κ3) is 6.28. The molecule has 31 heavy (non-hydrogen) atoms. The number of methoxy groups -OCH3 is 1. The van der Waals surface area contributed by atoms with E-state index in [2.05, 4.69) is 10.1 Å². The van der Waals surface area contributed by atoms with Crippen LogP contribution >= 0.6 is 0 Å². The molecule has 1 N–H and O–H groups in total. The first-order valence-corrected chi connectivity index (χ1v) is 9.92. The Hall–Kier alpha value is -3.42. The lowest BCUT2D eigenvalue weighted by atomic mass is 9.97. The summed E-state index contributed by atoms with van der Waals surface area (Å²) in [6.07, 6.45) is 4.43. The smallest absolute Gasteiger partial charge is 0.387 e. The number of hydrogen-bond acceptors (Lipinski definition) is 4. The number of carbonyl (C=O) groups is 2.